The standard InChI is InChI=1S/C12H13ClN4O2/c1-16-11(4-5-15-16)8-14-7-9-2-3-10(13)6-12(9)17(18)19/h2-6,14H,7-8H2,1H3. The van der Waals surface area contributed by atoms with E-state index in [1.165, 1.54) is 6.07 Å². The third kappa shape index (κ3) is 3.30. The van der Waals surface area contributed by atoms with E-state index in [1.807, 2.05) is 13.1 Å². The van der Waals surface area contributed by atoms with E-state index in [1.54, 1.807) is 23.0 Å². The number of aromatic nitrogens is 2. The van der Waals surface area contributed by atoms with Crippen molar-refractivity contribution in [3.05, 3.63) is 56.9 Å². The molecule has 19 heavy (non-hydrogen) atoms. The summed E-state index contributed by atoms with van der Waals surface area (Å²) in [5, 5.41) is 18.5. The molecule has 2 rings (SSSR count). The van der Waals surface area contributed by atoms with E-state index >= 15 is 0 Å². The van der Waals surface area contributed by atoms with Gasteiger partial charge in [0.1, 0.15) is 0 Å². The SMILES string of the molecule is Cn1nccc1CNCc1ccc(Cl)cc1[N+](=O)[O-]. The van der Waals surface area contributed by atoms with Crippen LogP contribution in [0.1, 0.15) is 11.3 Å². The van der Waals surface area contributed by atoms with Crippen molar-refractivity contribution in [3.63, 3.8) is 0 Å². The van der Waals surface area contributed by atoms with Crippen LogP contribution in [0.3, 0.4) is 0 Å². The average Bonchev–Trinajstić information content (AvgIpc) is 2.77. The molecule has 0 spiro atoms. The number of aryl methyl sites for hydroxylation is 1. The first-order valence-electron chi connectivity index (χ1n) is 5.68. The summed E-state index contributed by atoms with van der Waals surface area (Å²) < 4.78 is 1.75. The monoisotopic (exact) mass is 280 g/mol. The van der Waals surface area contributed by atoms with Gasteiger partial charge in [0.15, 0.2) is 0 Å². The second-order valence-electron chi connectivity index (χ2n) is 4.08. The molecular formula is C12H13ClN4O2. The Balaban J connectivity index is 2.03. The van der Waals surface area contributed by atoms with Gasteiger partial charge in [-0.3, -0.25) is 14.8 Å². The molecule has 100 valence electrons. The molecule has 0 fully saturated rings. The lowest BCUT2D eigenvalue weighted by atomic mass is 10.2. The minimum atomic E-state index is -0.424. The van der Waals surface area contributed by atoms with Crippen LogP contribution in [-0.4, -0.2) is 14.7 Å². The maximum absolute atomic E-state index is 10.9. The molecule has 0 saturated heterocycles. The number of nitrogens with one attached hydrogen (secondary N) is 1. The second-order valence-corrected chi connectivity index (χ2v) is 4.52. The molecular weight excluding hydrogens is 268 g/mol. The van der Waals surface area contributed by atoms with Crippen molar-refractivity contribution in [1.29, 1.82) is 0 Å². The Kier molecular flexibility index (Phi) is 4.13. The minimum absolute atomic E-state index is 0.0324. The van der Waals surface area contributed by atoms with E-state index < -0.39 is 4.92 Å². The lowest BCUT2D eigenvalue weighted by molar-refractivity contribution is -0.385. The summed E-state index contributed by atoms with van der Waals surface area (Å²) in [5.41, 5.74) is 1.65. The lowest BCUT2D eigenvalue weighted by Crippen LogP contribution is -2.16. The van der Waals surface area contributed by atoms with Gasteiger partial charge in [-0.1, -0.05) is 11.6 Å². The molecule has 0 atom stereocenters. The number of nitrogens with zero attached hydrogens (tertiary/aromatic N) is 3. The third-order valence-electron chi connectivity index (χ3n) is 2.79. The maximum Gasteiger partial charge on any atom is 0.275 e. The predicted octanol–water partition coefficient (Wildman–Crippen LogP) is 2.27. The molecule has 0 aliphatic carbocycles. The topological polar surface area (TPSA) is 73.0 Å². The van der Waals surface area contributed by atoms with Crippen LogP contribution in [-0.2, 0) is 20.1 Å². The van der Waals surface area contributed by atoms with Crippen LogP contribution in [0.25, 0.3) is 0 Å². The normalized spacial score (nSPS) is 10.6. The van der Waals surface area contributed by atoms with Gasteiger partial charge in [0.25, 0.3) is 5.69 Å². The molecule has 0 saturated carbocycles. The van der Waals surface area contributed by atoms with E-state index in [0.29, 0.717) is 23.7 Å². The number of hydrogen-bond donors (Lipinski definition) is 1. The number of halogens is 1. The maximum atomic E-state index is 10.9. The van der Waals surface area contributed by atoms with Gasteiger partial charge >= 0.3 is 0 Å². The number of rotatable bonds is 5. The summed E-state index contributed by atoms with van der Waals surface area (Å²) in [7, 11) is 1.85. The fourth-order valence-electron chi connectivity index (χ4n) is 1.76. The number of nitro benzene ring substituents is 1. The molecule has 0 aliphatic rings. The van der Waals surface area contributed by atoms with Gasteiger partial charge in [-0.15, -0.1) is 0 Å². The summed E-state index contributed by atoms with van der Waals surface area (Å²) in [6.45, 7) is 0.995. The summed E-state index contributed by atoms with van der Waals surface area (Å²) >= 11 is 5.76. The van der Waals surface area contributed by atoms with E-state index in [9.17, 15) is 10.1 Å². The zero-order valence-electron chi connectivity index (χ0n) is 10.3. The van der Waals surface area contributed by atoms with Gasteiger partial charge in [-0.25, -0.2) is 0 Å². The van der Waals surface area contributed by atoms with E-state index in [2.05, 4.69) is 10.4 Å². The predicted molar refractivity (Wildman–Crippen MR) is 71.9 cm³/mol. The van der Waals surface area contributed by atoms with Crippen LogP contribution in [0.2, 0.25) is 5.02 Å². The smallest absolute Gasteiger partial charge is 0.275 e. The largest absolute Gasteiger partial charge is 0.307 e. The molecule has 1 aromatic carbocycles. The lowest BCUT2D eigenvalue weighted by Gasteiger charge is -2.06. The molecule has 0 radical (unpaired) electrons. The zero-order valence-corrected chi connectivity index (χ0v) is 11.1. The van der Waals surface area contributed by atoms with Crippen molar-refractivity contribution in [1.82, 2.24) is 15.1 Å². The van der Waals surface area contributed by atoms with E-state index in [4.69, 9.17) is 11.6 Å². The number of hydrogen-bond acceptors (Lipinski definition) is 4. The molecule has 0 aliphatic heterocycles. The summed E-state index contributed by atoms with van der Waals surface area (Å²) in [5.74, 6) is 0. The van der Waals surface area contributed by atoms with Crippen LogP contribution >= 0.6 is 11.6 Å². The molecule has 0 bridgehead atoms. The van der Waals surface area contributed by atoms with Crippen LogP contribution < -0.4 is 5.32 Å². The molecule has 6 nitrogen and oxygen atoms in total. The Morgan fingerprint density at radius 3 is 2.84 bits per heavy atom. The molecule has 1 heterocycles. The number of benzene rings is 1. The van der Waals surface area contributed by atoms with Crippen molar-refractivity contribution in [2.75, 3.05) is 0 Å². The molecule has 1 N–H and O–H groups in total. The molecule has 7 heteroatoms. The van der Waals surface area contributed by atoms with Crippen molar-refractivity contribution < 1.29 is 4.92 Å². The first-order valence-corrected chi connectivity index (χ1v) is 6.06. The van der Waals surface area contributed by atoms with Crippen LogP contribution in [0, 0.1) is 10.1 Å². The van der Waals surface area contributed by atoms with E-state index in [-0.39, 0.29) is 5.69 Å². The van der Waals surface area contributed by atoms with Gasteiger partial charge in [-0.05, 0) is 18.2 Å². The molecule has 2 aromatic rings. The van der Waals surface area contributed by atoms with Crippen molar-refractivity contribution in [2.24, 2.45) is 7.05 Å². The van der Waals surface area contributed by atoms with Gasteiger partial charge in [0, 0.05) is 43.0 Å². The second kappa shape index (κ2) is 5.81. The fraction of sp³-hybridized carbons (Fsp3) is 0.250. The molecule has 1 aromatic heterocycles. The van der Waals surface area contributed by atoms with Crippen molar-refractivity contribution in [3.8, 4) is 0 Å². The Labute approximate surface area is 115 Å². The fourth-order valence-corrected chi connectivity index (χ4v) is 1.92. The highest BCUT2D eigenvalue weighted by Gasteiger charge is 2.13. The minimum Gasteiger partial charge on any atom is -0.307 e. The average molecular weight is 281 g/mol. The third-order valence-corrected chi connectivity index (χ3v) is 3.02. The van der Waals surface area contributed by atoms with Gasteiger partial charge in [0.05, 0.1) is 10.6 Å². The quantitative estimate of drug-likeness (QED) is 0.673. The summed E-state index contributed by atoms with van der Waals surface area (Å²) in [6, 6.07) is 6.57. The van der Waals surface area contributed by atoms with Crippen LogP contribution in [0.5, 0.6) is 0 Å². The van der Waals surface area contributed by atoms with E-state index in [0.717, 1.165) is 5.69 Å². The first-order chi connectivity index (χ1) is 9.08. The highest BCUT2D eigenvalue weighted by Crippen LogP contribution is 2.23. The highest BCUT2D eigenvalue weighted by atomic mass is 35.5. The first kappa shape index (κ1) is 13.5. The van der Waals surface area contributed by atoms with Crippen LogP contribution in [0.15, 0.2) is 30.5 Å². The van der Waals surface area contributed by atoms with Gasteiger partial charge in [-0.2, -0.15) is 5.10 Å². The zero-order chi connectivity index (χ0) is 13.8. The Morgan fingerprint density at radius 1 is 1.42 bits per heavy atom. The van der Waals surface area contributed by atoms with Crippen LogP contribution in [0.4, 0.5) is 5.69 Å². The van der Waals surface area contributed by atoms with Crippen molar-refractivity contribution in [2.45, 2.75) is 13.1 Å². The van der Waals surface area contributed by atoms with Gasteiger partial charge in [0.2, 0.25) is 0 Å². The Bertz CT molecular complexity index is 597. The summed E-state index contributed by atoms with van der Waals surface area (Å²) in [6.07, 6.45) is 1.71. The van der Waals surface area contributed by atoms with Gasteiger partial charge < -0.3 is 5.32 Å². The van der Waals surface area contributed by atoms with Crippen molar-refractivity contribution >= 4 is 17.3 Å². The Morgan fingerprint density at radius 2 is 2.21 bits per heavy atom. The molecule has 0 amide bonds. The highest BCUT2D eigenvalue weighted by molar-refractivity contribution is 6.30. The summed E-state index contributed by atoms with van der Waals surface area (Å²) in [4.78, 5) is 10.5. The molecule has 0 unspecified atom stereocenters. The number of nitro groups is 1. The Hall–Kier alpha value is -1.92.